The Labute approximate surface area is 164 Å². The molecule has 0 spiro atoms. The summed E-state index contributed by atoms with van der Waals surface area (Å²) in [6.07, 6.45) is 6.65. The summed E-state index contributed by atoms with van der Waals surface area (Å²) in [4.78, 5) is 14.7. The Morgan fingerprint density at radius 1 is 1.20 bits per heavy atom. The zero-order valence-electron chi connectivity index (χ0n) is 15.6. The minimum absolute atomic E-state index is 0. The van der Waals surface area contributed by atoms with E-state index in [2.05, 4.69) is 34.7 Å². The molecule has 6 heteroatoms. The molecule has 0 radical (unpaired) electrons. The molecule has 0 heterocycles. The lowest BCUT2D eigenvalue weighted by atomic mass is 9.94. The van der Waals surface area contributed by atoms with Crippen LogP contribution >= 0.6 is 24.8 Å². The van der Waals surface area contributed by atoms with Crippen LogP contribution in [-0.2, 0) is 11.3 Å². The zero-order valence-corrected chi connectivity index (χ0v) is 17.2. The van der Waals surface area contributed by atoms with Crippen LogP contribution in [0, 0.1) is 5.92 Å². The molecule has 0 aromatic heterocycles. The van der Waals surface area contributed by atoms with Gasteiger partial charge in [-0.15, -0.1) is 24.8 Å². The molecule has 1 aromatic rings. The number of hydrogen-bond donors (Lipinski definition) is 2. The highest BCUT2D eigenvalue weighted by Gasteiger charge is 2.19. The topological polar surface area (TPSA) is 44.4 Å². The second kappa shape index (κ2) is 12.5. The fourth-order valence-corrected chi connectivity index (χ4v) is 3.35. The number of rotatable bonds is 7. The van der Waals surface area contributed by atoms with Crippen LogP contribution in [0.3, 0.4) is 0 Å². The second-order valence-corrected chi connectivity index (χ2v) is 6.81. The van der Waals surface area contributed by atoms with Crippen molar-refractivity contribution in [2.75, 3.05) is 26.0 Å². The Bertz CT molecular complexity index is 507. The van der Waals surface area contributed by atoms with E-state index in [1.807, 2.05) is 26.1 Å². The van der Waals surface area contributed by atoms with Crippen LogP contribution in [0.15, 0.2) is 24.3 Å². The largest absolute Gasteiger partial charge is 0.326 e. The van der Waals surface area contributed by atoms with Gasteiger partial charge in [-0.2, -0.15) is 0 Å². The molecule has 1 amide bonds. The molecule has 25 heavy (non-hydrogen) atoms. The van der Waals surface area contributed by atoms with E-state index in [4.69, 9.17) is 0 Å². The second-order valence-electron chi connectivity index (χ2n) is 6.81. The number of anilines is 1. The first-order chi connectivity index (χ1) is 11.1. The third-order valence-corrected chi connectivity index (χ3v) is 4.85. The van der Waals surface area contributed by atoms with Gasteiger partial charge >= 0.3 is 0 Å². The van der Waals surface area contributed by atoms with Crippen molar-refractivity contribution in [1.82, 2.24) is 10.2 Å². The third-order valence-electron chi connectivity index (χ3n) is 4.85. The van der Waals surface area contributed by atoms with Gasteiger partial charge in [-0.3, -0.25) is 9.69 Å². The fraction of sp³-hybridized carbons (Fsp3) is 0.632. The van der Waals surface area contributed by atoms with Gasteiger partial charge in [-0.1, -0.05) is 44.4 Å². The van der Waals surface area contributed by atoms with Crippen molar-refractivity contribution in [2.45, 2.75) is 51.6 Å². The zero-order chi connectivity index (χ0) is 16.7. The van der Waals surface area contributed by atoms with E-state index in [9.17, 15) is 4.79 Å². The molecule has 144 valence electrons. The van der Waals surface area contributed by atoms with E-state index in [0.717, 1.165) is 12.2 Å². The van der Waals surface area contributed by atoms with E-state index in [0.29, 0.717) is 12.6 Å². The average molecular weight is 390 g/mol. The van der Waals surface area contributed by atoms with Gasteiger partial charge in [0.1, 0.15) is 0 Å². The molecule has 1 aromatic carbocycles. The van der Waals surface area contributed by atoms with Crippen LogP contribution in [-0.4, -0.2) is 37.5 Å². The Balaban J connectivity index is 0.00000288. The van der Waals surface area contributed by atoms with Crippen LogP contribution < -0.4 is 10.6 Å². The summed E-state index contributed by atoms with van der Waals surface area (Å²) in [7, 11) is 4.08. The van der Waals surface area contributed by atoms with E-state index >= 15 is 0 Å². The minimum Gasteiger partial charge on any atom is -0.326 e. The van der Waals surface area contributed by atoms with Crippen LogP contribution in [0.5, 0.6) is 0 Å². The Morgan fingerprint density at radius 3 is 2.48 bits per heavy atom. The molecule has 1 atom stereocenters. The Hall–Kier alpha value is -0.810. The van der Waals surface area contributed by atoms with E-state index in [1.54, 1.807) is 0 Å². The quantitative estimate of drug-likeness (QED) is 0.737. The van der Waals surface area contributed by atoms with Crippen molar-refractivity contribution < 1.29 is 4.79 Å². The van der Waals surface area contributed by atoms with Crippen molar-refractivity contribution >= 4 is 36.4 Å². The van der Waals surface area contributed by atoms with E-state index in [1.165, 1.54) is 37.7 Å². The van der Waals surface area contributed by atoms with Crippen LogP contribution in [0.4, 0.5) is 5.69 Å². The predicted octanol–water partition coefficient (Wildman–Crippen LogP) is 4.09. The molecule has 4 nitrogen and oxygen atoms in total. The van der Waals surface area contributed by atoms with Crippen LogP contribution in [0.1, 0.15) is 44.6 Å². The van der Waals surface area contributed by atoms with E-state index < -0.39 is 0 Å². The molecule has 0 saturated heterocycles. The lowest BCUT2D eigenvalue weighted by molar-refractivity contribution is -0.119. The minimum atomic E-state index is -0.0378. The Kier molecular flexibility index (Phi) is 12.1. The first-order valence-electron chi connectivity index (χ1n) is 8.85. The highest BCUT2D eigenvalue weighted by Crippen LogP contribution is 2.25. The summed E-state index contributed by atoms with van der Waals surface area (Å²) in [6, 6.07) is 8.85. The van der Waals surface area contributed by atoms with Gasteiger partial charge in [0.15, 0.2) is 0 Å². The molecule has 0 bridgehead atoms. The number of halogens is 2. The smallest absolute Gasteiger partial charge is 0.228 e. The van der Waals surface area contributed by atoms with Crippen molar-refractivity contribution in [3.8, 4) is 0 Å². The first kappa shape index (κ1) is 24.2. The maximum atomic E-state index is 12.3. The molecule has 1 aliphatic rings. The standard InChI is InChI=1S/C19H31N3O.2ClH/c1-15(13-20-2)19(23)21-18-12-8-7-9-16(18)14-22(3)17-10-5-4-6-11-17;;/h7-9,12,15,17,20H,4-6,10-11,13-14H2,1-3H3,(H,21,23);2*1H. The molecule has 1 aliphatic carbocycles. The highest BCUT2D eigenvalue weighted by molar-refractivity contribution is 5.93. The molecule has 1 unspecified atom stereocenters. The maximum absolute atomic E-state index is 12.3. The molecule has 0 aliphatic heterocycles. The summed E-state index contributed by atoms with van der Waals surface area (Å²) in [5, 5.41) is 6.15. The van der Waals surface area contributed by atoms with Gasteiger partial charge in [-0.05, 0) is 38.6 Å². The lowest BCUT2D eigenvalue weighted by Crippen LogP contribution is -2.33. The molecule has 1 saturated carbocycles. The number of amides is 1. The van der Waals surface area contributed by atoms with Crippen LogP contribution in [0.25, 0.3) is 0 Å². The first-order valence-corrected chi connectivity index (χ1v) is 8.85. The summed E-state index contributed by atoms with van der Waals surface area (Å²) in [5.41, 5.74) is 2.15. The van der Waals surface area contributed by atoms with Gasteiger partial charge in [0.2, 0.25) is 5.91 Å². The van der Waals surface area contributed by atoms with Crippen molar-refractivity contribution in [3.05, 3.63) is 29.8 Å². The summed E-state index contributed by atoms with van der Waals surface area (Å²) in [5.74, 6) is 0.0382. The Morgan fingerprint density at radius 2 is 1.84 bits per heavy atom. The van der Waals surface area contributed by atoms with Gasteiger partial charge < -0.3 is 10.6 Å². The van der Waals surface area contributed by atoms with Crippen molar-refractivity contribution in [3.63, 3.8) is 0 Å². The number of nitrogens with one attached hydrogen (secondary N) is 2. The van der Waals surface area contributed by atoms with Gasteiger partial charge in [0.25, 0.3) is 0 Å². The maximum Gasteiger partial charge on any atom is 0.228 e. The summed E-state index contributed by atoms with van der Waals surface area (Å²) < 4.78 is 0. The molecule has 2 rings (SSSR count). The highest BCUT2D eigenvalue weighted by atomic mass is 35.5. The molecular formula is C19H33Cl2N3O. The SMILES string of the molecule is CNCC(C)C(=O)Nc1ccccc1CN(C)C1CCCCC1.Cl.Cl. The predicted molar refractivity (Wildman–Crippen MR) is 111 cm³/mol. The number of hydrogen-bond acceptors (Lipinski definition) is 3. The van der Waals surface area contributed by atoms with Gasteiger partial charge in [-0.25, -0.2) is 0 Å². The number of nitrogens with zero attached hydrogens (tertiary/aromatic N) is 1. The number of para-hydroxylation sites is 1. The van der Waals surface area contributed by atoms with Gasteiger partial charge in [0.05, 0.1) is 0 Å². The summed E-state index contributed by atoms with van der Waals surface area (Å²) in [6.45, 7) is 3.53. The van der Waals surface area contributed by atoms with Gasteiger partial charge in [0, 0.05) is 30.7 Å². The number of benzene rings is 1. The fourth-order valence-electron chi connectivity index (χ4n) is 3.35. The number of carbonyl (C=O) groups is 1. The normalized spacial score (nSPS) is 15.8. The monoisotopic (exact) mass is 389 g/mol. The van der Waals surface area contributed by atoms with Crippen LogP contribution in [0.2, 0.25) is 0 Å². The molecule has 2 N–H and O–H groups in total. The number of carbonyl (C=O) groups excluding carboxylic acids is 1. The van der Waals surface area contributed by atoms with Crippen molar-refractivity contribution in [1.29, 1.82) is 0 Å². The molecule has 1 fully saturated rings. The van der Waals surface area contributed by atoms with E-state index in [-0.39, 0.29) is 36.6 Å². The third kappa shape index (κ3) is 7.53. The average Bonchev–Trinajstić information content (AvgIpc) is 2.57. The molecular weight excluding hydrogens is 357 g/mol. The summed E-state index contributed by atoms with van der Waals surface area (Å²) >= 11 is 0. The van der Waals surface area contributed by atoms with Crippen molar-refractivity contribution in [2.24, 2.45) is 5.92 Å². The lowest BCUT2D eigenvalue weighted by Gasteiger charge is -2.31.